The van der Waals surface area contributed by atoms with E-state index in [4.69, 9.17) is 11.5 Å². The summed E-state index contributed by atoms with van der Waals surface area (Å²) < 4.78 is 0. The van der Waals surface area contributed by atoms with Gasteiger partial charge in [-0.2, -0.15) is 0 Å². The highest BCUT2D eigenvalue weighted by Crippen LogP contribution is 2.38. The van der Waals surface area contributed by atoms with Gasteiger partial charge in [0.1, 0.15) is 5.75 Å². The molecule has 3 heteroatoms. The Kier molecular flexibility index (Phi) is 2.11. The van der Waals surface area contributed by atoms with E-state index in [1.807, 2.05) is 6.07 Å². The number of hydrogen-bond acceptors (Lipinski definition) is 3. The van der Waals surface area contributed by atoms with Crippen LogP contribution in [0.5, 0.6) is 5.75 Å². The Hall–Kier alpha value is -1.22. The Morgan fingerprint density at radius 1 is 1.21 bits per heavy atom. The molecule has 0 radical (unpaired) electrons. The Morgan fingerprint density at radius 2 is 1.86 bits per heavy atom. The van der Waals surface area contributed by atoms with Gasteiger partial charge in [0.2, 0.25) is 0 Å². The fourth-order valence-electron chi connectivity index (χ4n) is 2.16. The predicted octanol–water partition coefficient (Wildman–Crippen LogP) is 1.70. The summed E-state index contributed by atoms with van der Waals surface area (Å²) in [5.74, 6) is 0.135. The Morgan fingerprint density at radius 3 is 2.43 bits per heavy atom. The molecule has 0 saturated heterocycles. The third-order valence-corrected chi connectivity index (χ3v) is 3.10. The van der Waals surface area contributed by atoms with Crippen LogP contribution in [0, 0.1) is 0 Å². The number of hydrogen-bond donors (Lipinski definition) is 3. The van der Waals surface area contributed by atoms with Gasteiger partial charge in [0.25, 0.3) is 0 Å². The van der Waals surface area contributed by atoms with Gasteiger partial charge >= 0.3 is 0 Å². The highest BCUT2D eigenvalue weighted by molar-refractivity contribution is 5.54. The number of nitrogen functional groups attached to an aromatic ring is 1. The lowest BCUT2D eigenvalue weighted by Crippen LogP contribution is -2.33. The molecule has 0 amide bonds. The van der Waals surface area contributed by atoms with Crippen LogP contribution in [0.3, 0.4) is 0 Å². The van der Waals surface area contributed by atoms with Gasteiger partial charge in [-0.15, -0.1) is 0 Å². The lowest BCUT2D eigenvalue weighted by atomic mass is 9.89. The van der Waals surface area contributed by atoms with Crippen molar-refractivity contribution < 1.29 is 5.11 Å². The van der Waals surface area contributed by atoms with E-state index in [2.05, 4.69) is 0 Å². The van der Waals surface area contributed by atoms with Crippen LogP contribution in [0.4, 0.5) is 5.69 Å². The summed E-state index contributed by atoms with van der Waals surface area (Å²) in [5, 5.41) is 9.30. The van der Waals surface area contributed by atoms with E-state index in [1.54, 1.807) is 12.1 Å². The van der Waals surface area contributed by atoms with E-state index in [0.717, 1.165) is 18.4 Å². The number of benzene rings is 1. The first-order valence-corrected chi connectivity index (χ1v) is 5.00. The van der Waals surface area contributed by atoms with Crippen molar-refractivity contribution in [3.63, 3.8) is 0 Å². The molecule has 14 heavy (non-hydrogen) atoms. The maximum Gasteiger partial charge on any atom is 0.138 e. The van der Waals surface area contributed by atoms with Crippen molar-refractivity contribution in [3.8, 4) is 5.75 Å². The minimum atomic E-state index is -0.220. The van der Waals surface area contributed by atoms with Gasteiger partial charge in [0.15, 0.2) is 0 Å². The molecule has 5 N–H and O–H groups in total. The highest BCUT2D eigenvalue weighted by atomic mass is 16.3. The lowest BCUT2D eigenvalue weighted by molar-refractivity contribution is 0.456. The predicted molar refractivity (Wildman–Crippen MR) is 56.9 cm³/mol. The topological polar surface area (TPSA) is 72.3 Å². The van der Waals surface area contributed by atoms with Crippen LogP contribution in [0.2, 0.25) is 0 Å². The zero-order chi connectivity index (χ0) is 10.2. The minimum absolute atomic E-state index is 0.135. The van der Waals surface area contributed by atoms with Crippen LogP contribution < -0.4 is 11.5 Å². The summed E-state index contributed by atoms with van der Waals surface area (Å²) in [6.45, 7) is 0. The Labute approximate surface area is 83.7 Å². The van der Waals surface area contributed by atoms with Crippen LogP contribution in [0.15, 0.2) is 18.2 Å². The summed E-state index contributed by atoms with van der Waals surface area (Å²) in [6, 6.07) is 5.29. The lowest BCUT2D eigenvalue weighted by Gasteiger charge is -2.24. The molecule has 0 spiro atoms. The second kappa shape index (κ2) is 3.17. The Bertz CT molecular complexity index is 343. The second-order valence-electron chi connectivity index (χ2n) is 4.14. The molecule has 76 valence electrons. The number of aromatic hydroxyl groups is 1. The second-order valence-corrected chi connectivity index (χ2v) is 4.14. The van der Waals surface area contributed by atoms with E-state index in [1.165, 1.54) is 12.8 Å². The van der Waals surface area contributed by atoms with Crippen molar-refractivity contribution in [2.24, 2.45) is 5.73 Å². The summed E-state index contributed by atoms with van der Waals surface area (Å²) >= 11 is 0. The van der Waals surface area contributed by atoms with E-state index in [-0.39, 0.29) is 11.3 Å². The van der Waals surface area contributed by atoms with Crippen LogP contribution in [-0.2, 0) is 5.54 Å². The van der Waals surface area contributed by atoms with Gasteiger partial charge in [-0.25, -0.2) is 0 Å². The average Bonchev–Trinajstić information content (AvgIpc) is 2.58. The molecule has 0 heterocycles. The molecule has 3 nitrogen and oxygen atoms in total. The van der Waals surface area contributed by atoms with Crippen LogP contribution in [0.25, 0.3) is 0 Å². The molecule has 1 aliphatic rings. The molecule has 0 atom stereocenters. The molecule has 1 aromatic rings. The smallest absolute Gasteiger partial charge is 0.138 e. The van der Waals surface area contributed by atoms with Gasteiger partial charge in [-0.1, -0.05) is 18.9 Å². The summed E-state index contributed by atoms with van der Waals surface area (Å²) in [6.07, 6.45) is 4.38. The summed E-state index contributed by atoms with van der Waals surface area (Å²) in [4.78, 5) is 0. The average molecular weight is 192 g/mol. The van der Waals surface area contributed by atoms with Crippen molar-refractivity contribution in [3.05, 3.63) is 23.8 Å². The number of phenolic OH excluding ortho intramolecular Hbond substituents is 1. The number of phenols is 1. The number of nitrogens with two attached hydrogens (primary N) is 2. The first-order valence-electron chi connectivity index (χ1n) is 5.00. The zero-order valence-corrected chi connectivity index (χ0v) is 8.16. The standard InChI is InChI=1S/C11H16N2O/c12-9-7-8(3-4-10(9)14)11(13)5-1-2-6-11/h3-4,7,14H,1-2,5-6,12-13H2. The molecule has 0 bridgehead atoms. The monoisotopic (exact) mass is 192 g/mol. The van der Waals surface area contributed by atoms with Gasteiger partial charge in [-0.05, 0) is 30.5 Å². The van der Waals surface area contributed by atoms with Crippen LogP contribution >= 0.6 is 0 Å². The summed E-state index contributed by atoms with van der Waals surface area (Å²) in [5.41, 5.74) is 13.1. The molecule has 1 aromatic carbocycles. The summed E-state index contributed by atoms with van der Waals surface area (Å²) in [7, 11) is 0. The maximum absolute atomic E-state index is 9.30. The minimum Gasteiger partial charge on any atom is -0.506 e. The molecular formula is C11H16N2O. The van der Waals surface area contributed by atoms with E-state index in [9.17, 15) is 5.11 Å². The maximum atomic E-state index is 9.30. The molecule has 0 unspecified atom stereocenters. The van der Waals surface area contributed by atoms with Crippen molar-refractivity contribution in [2.75, 3.05) is 5.73 Å². The van der Waals surface area contributed by atoms with Gasteiger partial charge in [0.05, 0.1) is 5.69 Å². The van der Waals surface area contributed by atoms with Gasteiger partial charge in [-0.3, -0.25) is 0 Å². The van der Waals surface area contributed by atoms with Crippen molar-refractivity contribution >= 4 is 5.69 Å². The fourth-order valence-corrected chi connectivity index (χ4v) is 2.16. The molecule has 1 fully saturated rings. The third kappa shape index (κ3) is 1.44. The third-order valence-electron chi connectivity index (χ3n) is 3.10. The Balaban J connectivity index is 2.36. The van der Waals surface area contributed by atoms with E-state index >= 15 is 0 Å². The SMILES string of the molecule is Nc1cc(C2(N)CCCC2)ccc1O. The van der Waals surface area contributed by atoms with Gasteiger partial charge < -0.3 is 16.6 Å². The molecule has 2 rings (SSSR count). The van der Waals surface area contributed by atoms with E-state index in [0.29, 0.717) is 5.69 Å². The first-order chi connectivity index (χ1) is 6.62. The molecular weight excluding hydrogens is 176 g/mol. The largest absolute Gasteiger partial charge is 0.506 e. The van der Waals surface area contributed by atoms with Crippen molar-refractivity contribution in [1.29, 1.82) is 0 Å². The quantitative estimate of drug-likeness (QED) is 0.468. The van der Waals surface area contributed by atoms with Gasteiger partial charge in [0, 0.05) is 5.54 Å². The number of rotatable bonds is 1. The van der Waals surface area contributed by atoms with Crippen LogP contribution in [0.1, 0.15) is 31.2 Å². The molecule has 0 aliphatic heterocycles. The molecule has 1 aliphatic carbocycles. The van der Waals surface area contributed by atoms with Crippen molar-refractivity contribution in [2.45, 2.75) is 31.2 Å². The normalized spacial score (nSPS) is 19.8. The van der Waals surface area contributed by atoms with Crippen molar-refractivity contribution in [1.82, 2.24) is 0 Å². The highest BCUT2D eigenvalue weighted by Gasteiger charge is 2.31. The number of anilines is 1. The molecule has 0 aromatic heterocycles. The molecule has 1 saturated carbocycles. The fraction of sp³-hybridized carbons (Fsp3) is 0.455. The van der Waals surface area contributed by atoms with E-state index < -0.39 is 0 Å². The first kappa shape index (κ1) is 9.34. The zero-order valence-electron chi connectivity index (χ0n) is 8.16. The van der Waals surface area contributed by atoms with Crippen LogP contribution in [-0.4, -0.2) is 5.11 Å².